The van der Waals surface area contributed by atoms with Crippen molar-refractivity contribution in [1.29, 1.82) is 0 Å². The van der Waals surface area contributed by atoms with E-state index >= 15 is 0 Å². The lowest BCUT2D eigenvalue weighted by Gasteiger charge is -2.08. The molecule has 0 aliphatic heterocycles. The summed E-state index contributed by atoms with van der Waals surface area (Å²) in [5.41, 5.74) is 6.33. The summed E-state index contributed by atoms with van der Waals surface area (Å²) in [6.45, 7) is 4.63. The second-order valence-corrected chi connectivity index (χ2v) is 4.05. The summed E-state index contributed by atoms with van der Waals surface area (Å²) in [4.78, 5) is 15.9. The Morgan fingerprint density at radius 3 is 2.88 bits per heavy atom. The molecule has 1 aromatic heterocycles. The van der Waals surface area contributed by atoms with E-state index in [0.29, 0.717) is 24.3 Å². The van der Waals surface area contributed by atoms with Gasteiger partial charge in [0.1, 0.15) is 5.75 Å². The van der Waals surface area contributed by atoms with Crippen molar-refractivity contribution in [3.05, 3.63) is 24.0 Å². The van der Waals surface area contributed by atoms with E-state index < -0.39 is 0 Å². The molecule has 0 radical (unpaired) electrons. The van der Waals surface area contributed by atoms with Crippen molar-refractivity contribution in [3.8, 4) is 5.75 Å². The van der Waals surface area contributed by atoms with Gasteiger partial charge in [0.05, 0.1) is 12.8 Å². The molecule has 4 nitrogen and oxygen atoms in total. The topological polar surface area (TPSA) is 65.2 Å². The Balaban J connectivity index is 2.66. The normalized spacial score (nSPS) is 12.2. The van der Waals surface area contributed by atoms with E-state index in [1.807, 2.05) is 13.8 Å². The average molecular weight is 236 g/mol. The fraction of sp³-hybridized carbons (Fsp3) is 0.538. The van der Waals surface area contributed by atoms with Crippen LogP contribution in [0.15, 0.2) is 18.5 Å². The molecule has 2 N–H and O–H groups in total. The lowest BCUT2D eigenvalue weighted by molar-refractivity contribution is 0.0973. The van der Waals surface area contributed by atoms with Crippen molar-refractivity contribution >= 4 is 5.78 Å². The highest BCUT2D eigenvalue weighted by atomic mass is 16.5. The third-order valence-corrected chi connectivity index (χ3v) is 2.48. The minimum atomic E-state index is -0.0808. The molecule has 17 heavy (non-hydrogen) atoms. The Kier molecular flexibility index (Phi) is 5.63. The van der Waals surface area contributed by atoms with Crippen LogP contribution in [0.3, 0.4) is 0 Å². The van der Waals surface area contributed by atoms with Gasteiger partial charge in [-0.05, 0) is 18.9 Å². The van der Waals surface area contributed by atoms with Crippen LogP contribution >= 0.6 is 0 Å². The standard InChI is InChI=1S/C13H20N2O2/c1-3-5-17-12-6-10(8-15-9-12)13(16)7-11(14)4-2/h6,8-9,11H,3-5,7,14H2,1-2H3. The van der Waals surface area contributed by atoms with Gasteiger partial charge in [0.25, 0.3) is 0 Å². The highest BCUT2D eigenvalue weighted by Gasteiger charge is 2.11. The van der Waals surface area contributed by atoms with Crippen LogP contribution in [0.2, 0.25) is 0 Å². The summed E-state index contributed by atoms with van der Waals surface area (Å²) in [7, 11) is 0. The van der Waals surface area contributed by atoms with Gasteiger partial charge in [-0.1, -0.05) is 13.8 Å². The minimum Gasteiger partial charge on any atom is -0.492 e. The number of ether oxygens (including phenoxy) is 1. The molecule has 1 atom stereocenters. The Hall–Kier alpha value is -1.42. The number of carbonyl (C=O) groups is 1. The smallest absolute Gasteiger partial charge is 0.166 e. The first-order chi connectivity index (χ1) is 8.17. The van der Waals surface area contributed by atoms with Gasteiger partial charge >= 0.3 is 0 Å². The van der Waals surface area contributed by atoms with E-state index in [9.17, 15) is 4.79 Å². The molecule has 0 amide bonds. The Morgan fingerprint density at radius 1 is 1.47 bits per heavy atom. The highest BCUT2D eigenvalue weighted by Crippen LogP contribution is 2.13. The molecular weight excluding hydrogens is 216 g/mol. The van der Waals surface area contributed by atoms with Crippen molar-refractivity contribution in [1.82, 2.24) is 4.98 Å². The molecular formula is C13H20N2O2. The van der Waals surface area contributed by atoms with Gasteiger partial charge < -0.3 is 10.5 Å². The van der Waals surface area contributed by atoms with Gasteiger partial charge in [-0.2, -0.15) is 0 Å². The predicted octanol–water partition coefficient (Wildman–Crippen LogP) is 2.18. The van der Waals surface area contributed by atoms with Crippen LogP contribution in [-0.2, 0) is 0 Å². The molecule has 1 unspecified atom stereocenters. The molecule has 94 valence electrons. The number of nitrogens with two attached hydrogens (primary N) is 1. The third-order valence-electron chi connectivity index (χ3n) is 2.48. The van der Waals surface area contributed by atoms with E-state index in [1.54, 1.807) is 18.5 Å². The van der Waals surface area contributed by atoms with E-state index in [0.717, 1.165) is 12.8 Å². The fourth-order valence-electron chi connectivity index (χ4n) is 1.37. The summed E-state index contributed by atoms with van der Waals surface area (Å²) in [5, 5.41) is 0. The summed E-state index contributed by atoms with van der Waals surface area (Å²) < 4.78 is 5.43. The SMILES string of the molecule is CCCOc1cncc(C(=O)CC(N)CC)c1. The summed E-state index contributed by atoms with van der Waals surface area (Å²) in [6, 6.07) is 1.65. The average Bonchev–Trinajstić information content (AvgIpc) is 2.36. The third kappa shape index (κ3) is 4.53. The molecule has 0 aliphatic rings. The maximum Gasteiger partial charge on any atom is 0.166 e. The van der Waals surface area contributed by atoms with Crippen LogP contribution in [0.1, 0.15) is 43.5 Å². The van der Waals surface area contributed by atoms with Crippen molar-refractivity contribution in [2.45, 2.75) is 39.2 Å². The number of nitrogens with zero attached hydrogens (tertiary/aromatic N) is 1. The molecule has 0 saturated carbocycles. The molecule has 1 aromatic rings. The molecule has 1 heterocycles. The maximum atomic E-state index is 11.9. The first-order valence-corrected chi connectivity index (χ1v) is 6.04. The van der Waals surface area contributed by atoms with Crippen molar-refractivity contribution in [2.24, 2.45) is 5.73 Å². The van der Waals surface area contributed by atoms with Gasteiger partial charge in [0, 0.05) is 24.2 Å². The highest BCUT2D eigenvalue weighted by molar-refractivity contribution is 5.96. The van der Waals surface area contributed by atoms with Crippen LogP contribution in [0.25, 0.3) is 0 Å². The number of hydrogen-bond donors (Lipinski definition) is 1. The minimum absolute atomic E-state index is 0.0220. The monoisotopic (exact) mass is 236 g/mol. The molecule has 4 heteroatoms. The number of Topliss-reactive ketones (excluding diaryl/α,β-unsaturated/α-hetero) is 1. The fourth-order valence-corrected chi connectivity index (χ4v) is 1.37. The lowest BCUT2D eigenvalue weighted by Crippen LogP contribution is -2.22. The molecule has 0 saturated heterocycles. The van der Waals surface area contributed by atoms with E-state index in [-0.39, 0.29) is 11.8 Å². The van der Waals surface area contributed by atoms with Crippen LogP contribution in [0, 0.1) is 0 Å². The number of aromatic nitrogens is 1. The largest absolute Gasteiger partial charge is 0.492 e. The van der Waals surface area contributed by atoms with Gasteiger partial charge in [0.15, 0.2) is 5.78 Å². The zero-order chi connectivity index (χ0) is 12.7. The number of pyridine rings is 1. The molecule has 0 aromatic carbocycles. The maximum absolute atomic E-state index is 11.9. The second kappa shape index (κ2) is 7.01. The van der Waals surface area contributed by atoms with Gasteiger partial charge in [-0.15, -0.1) is 0 Å². The molecule has 0 fully saturated rings. The van der Waals surface area contributed by atoms with Crippen molar-refractivity contribution < 1.29 is 9.53 Å². The summed E-state index contributed by atoms with van der Waals surface area (Å²) in [6.07, 6.45) is 5.26. The molecule has 0 spiro atoms. The zero-order valence-corrected chi connectivity index (χ0v) is 10.5. The van der Waals surface area contributed by atoms with Crippen molar-refractivity contribution in [3.63, 3.8) is 0 Å². The number of hydrogen-bond acceptors (Lipinski definition) is 4. The van der Waals surface area contributed by atoms with Crippen LogP contribution in [-0.4, -0.2) is 23.4 Å². The van der Waals surface area contributed by atoms with Crippen LogP contribution in [0.5, 0.6) is 5.75 Å². The number of ketones is 1. The van der Waals surface area contributed by atoms with Gasteiger partial charge in [-0.3, -0.25) is 9.78 Å². The first kappa shape index (κ1) is 13.6. The Morgan fingerprint density at radius 2 is 2.24 bits per heavy atom. The van der Waals surface area contributed by atoms with Crippen LogP contribution in [0.4, 0.5) is 0 Å². The molecule has 0 bridgehead atoms. The molecule has 1 rings (SSSR count). The van der Waals surface area contributed by atoms with Crippen LogP contribution < -0.4 is 10.5 Å². The van der Waals surface area contributed by atoms with E-state index in [1.165, 1.54) is 0 Å². The quantitative estimate of drug-likeness (QED) is 0.737. The summed E-state index contributed by atoms with van der Waals surface area (Å²) >= 11 is 0. The zero-order valence-electron chi connectivity index (χ0n) is 10.5. The number of rotatable bonds is 7. The van der Waals surface area contributed by atoms with Gasteiger partial charge in [0.2, 0.25) is 0 Å². The van der Waals surface area contributed by atoms with E-state index in [2.05, 4.69) is 4.98 Å². The Labute approximate surface area is 102 Å². The first-order valence-electron chi connectivity index (χ1n) is 6.04. The van der Waals surface area contributed by atoms with Crippen molar-refractivity contribution in [2.75, 3.05) is 6.61 Å². The number of carbonyl (C=O) groups excluding carboxylic acids is 1. The van der Waals surface area contributed by atoms with Gasteiger partial charge in [-0.25, -0.2) is 0 Å². The second-order valence-electron chi connectivity index (χ2n) is 4.05. The summed E-state index contributed by atoms with van der Waals surface area (Å²) in [5.74, 6) is 0.663. The molecule has 0 aliphatic carbocycles. The lowest BCUT2D eigenvalue weighted by atomic mass is 10.0. The van der Waals surface area contributed by atoms with E-state index in [4.69, 9.17) is 10.5 Å². The Bertz CT molecular complexity index is 366. The predicted molar refractivity (Wildman–Crippen MR) is 67.2 cm³/mol.